The molecule has 5 rings (SSSR count). The van der Waals surface area contributed by atoms with Crippen LogP contribution in [0.25, 0.3) is 11.3 Å². The molecule has 3 heterocycles. The van der Waals surface area contributed by atoms with Gasteiger partial charge in [-0.2, -0.15) is 0 Å². The van der Waals surface area contributed by atoms with Gasteiger partial charge >= 0.3 is 0 Å². The molecule has 5 aromatic rings. The minimum Gasteiger partial charge on any atom is -0.453 e. The molecular formula is C26H21ClFN7O3S. The average Bonchev–Trinajstić information content (AvgIpc) is 3.44. The van der Waals surface area contributed by atoms with Crippen molar-refractivity contribution in [3.05, 3.63) is 102 Å². The number of nitrogens with one attached hydrogen (secondary N) is 3. The molecule has 0 saturated carbocycles. The SMILES string of the molecule is O=S(=O)(Nc1ccc(Oc2ccncc2-c2ccnc(NCCc3ncc[nH]3)n2)c(F)c1)c1ccccc1Cl. The van der Waals surface area contributed by atoms with Gasteiger partial charge in [-0.05, 0) is 36.4 Å². The molecule has 0 atom stereocenters. The molecule has 0 spiro atoms. The average molecular weight is 566 g/mol. The van der Waals surface area contributed by atoms with Crippen molar-refractivity contribution < 1.29 is 17.5 Å². The van der Waals surface area contributed by atoms with E-state index in [1.807, 2.05) is 0 Å². The van der Waals surface area contributed by atoms with Gasteiger partial charge in [0.15, 0.2) is 11.6 Å². The van der Waals surface area contributed by atoms with E-state index >= 15 is 4.39 Å². The molecule has 0 fully saturated rings. The molecule has 39 heavy (non-hydrogen) atoms. The van der Waals surface area contributed by atoms with Crippen LogP contribution in [0.3, 0.4) is 0 Å². The number of benzene rings is 2. The molecule has 0 aliphatic heterocycles. The van der Waals surface area contributed by atoms with E-state index in [4.69, 9.17) is 16.3 Å². The fourth-order valence-electron chi connectivity index (χ4n) is 3.62. The molecule has 3 N–H and O–H groups in total. The highest BCUT2D eigenvalue weighted by atomic mass is 35.5. The lowest BCUT2D eigenvalue weighted by molar-refractivity contribution is 0.443. The largest absolute Gasteiger partial charge is 0.453 e. The molecule has 10 nitrogen and oxygen atoms in total. The number of rotatable bonds is 10. The summed E-state index contributed by atoms with van der Waals surface area (Å²) in [5.74, 6) is 0.643. The van der Waals surface area contributed by atoms with Gasteiger partial charge in [0.2, 0.25) is 5.95 Å². The highest BCUT2D eigenvalue weighted by Crippen LogP contribution is 2.34. The number of anilines is 2. The fourth-order valence-corrected chi connectivity index (χ4v) is 5.19. The number of nitrogens with zero attached hydrogens (tertiary/aromatic N) is 4. The molecule has 0 saturated heterocycles. The van der Waals surface area contributed by atoms with Gasteiger partial charge in [0, 0.05) is 50.0 Å². The molecule has 0 aliphatic carbocycles. The van der Waals surface area contributed by atoms with E-state index < -0.39 is 15.8 Å². The molecule has 13 heteroatoms. The van der Waals surface area contributed by atoms with Gasteiger partial charge in [-0.1, -0.05) is 23.7 Å². The fraction of sp³-hybridized carbons (Fsp3) is 0.0769. The molecule has 0 aliphatic rings. The summed E-state index contributed by atoms with van der Waals surface area (Å²) in [6.45, 7) is 0.561. The molecule has 0 amide bonds. The molecule has 0 bridgehead atoms. The minimum atomic E-state index is -4.02. The third kappa shape index (κ3) is 6.30. The number of sulfonamides is 1. The van der Waals surface area contributed by atoms with Crippen molar-refractivity contribution in [3.63, 3.8) is 0 Å². The summed E-state index contributed by atoms with van der Waals surface area (Å²) in [5, 5.41) is 3.20. The third-order valence-electron chi connectivity index (χ3n) is 5.44. The number of hydrogen-bond donors (Lipinski definition) is 3. The maximum atomic E-state index is 15.0. The minimum absolute atomic E-state index is 0.00999. The summed E-state index contributed by atoms with van der Waals surface area (Å²) in [6.07, 6.45) is 8.75. The Morgan fingerprint density at radius 3 is 2.67 bits per heavy atom. The zero-order chi connectivity index (χ0) is 27.2. The normalized spacial score (nSPS) is 11.2. The lowest BCUT2D eigenvalue weighted by Crippen LogP contribution is -2.13. The first-order valence-electron chi connectivity index (χ1n) is 11.6. The Bertz CT molecular complexity index is 1700. The molecule has 198 valence electrons. The quantitative estimate of drug-likeness (QED) is 0.207. The van der Waals surface area contributed by atoms with E-state index in [9.17, 15) is 8.42 Å². The van der Waals surface area contributed by atoms with E-state index in [1.54, 1.807) is 49.1 Å². The second-order valence-corrected chi connectivity index (χ2v) is 10.2. The lowest BCUT2D eigenvalue weighted by Gasteiger charge is -2.13. The highest BCUT2D eigenvalue weighted by Gasteiger charge is 2.19. The first kappa shape index (κ1) is 26.1. The number of aromatic amines is 1. The predicted molar refractivity (Wildman–Crippen MR) is 145 cm³/mol. The summed E-state index contributed by atoms with van der Waals surface area (Å²) in [6, 6.07) is 13.0. The highest BCUT2D eigenvalue weighted by molar-refractivity contribution is 7.92. The van der Waals surface area contributed by atoms with Gasteiger partial charge in [-0.3, -0.25) is 9.71 Å². The van der Waals surface area contributed by atoms with Gasteiger partial charge in [0.05, 0.1) is 22.0 Å². The first-order valence-corrected chi connectivity index (χ1v) is 13.5. The van der Waals surface area contributed by atoms with Crippen LogP contribution in [0.2, 0.25) is 5.02 Å². The van der Waals surface area contributed by atoms with Crippen LogP contribution in [0.15, 0.2) is 90.5 Å². The number of pyridine rings is 1. The van der Waals surface area contributed by atoms with Crippen molar-refractivity contribution in [2.75, 3.05) is 16.6 Å². The lowest BCUT2D eigenvalue weighted by atomic mass is 10.2. The van der Waals surface area contributed by atoms with E-state index in [0.717, 1.165) is 11.9 Å². The maximum Gasteiger partial charge on any atom is 0.263 e. The third-order valence-corrected chi connectivity index (χ3v) is 7.32. The Labute approximate surface area is 228 Å². The van der Waals surface area contributed by atoms with Crippen LogP contribution in [0, 0.1) is 5.82 Å². The monoisotopic (exact) mass is 565 g/mol. The Kier molecular flexibility index (Phi) is 7.66. The van der Waals surface area contributed by atoms with Crippen LogP contribution >= 0.6 is 11.6 Å². The summed E-state index contributed by atoms with van der Waals surface area (Å²) < 4.78 is 48.6. The molecule has 3 aromatic heterocycles. The Balaban J connectivity index is 1.32. The molecule has 0 radical (unpaired) electrons. The summed E-state index contributed by atoms with van der Waals surface area (Å²) in [7, 11) is -4.02. The predicted octanol–water partition coefficient (Wildman–Crippen LogP) is 5.30. The number of aromatic nitrogens is 5. The number of imidazole rings is 1. The van der Waals surface area contributed by atoms with Crippen molar-refractivity contribution in [1.29, 1.82) is 0 Å². The standard InChI is InChI=1S/C26H21ClFN7O3S/c27-19-3-1-2-4-24(19)39(36,37)35-17-5-6-23(20(28)15-17)38-22-8-10-29-16-18(22)21-7-11-32-26(34-21)33-12-9-25-30-13-14-31-25/h1-8,10-11,13-16,35H,9,12H2,(H,30,31)(H,32,33,34). The van der Waals surface area contributed by atoms with E-state index in [0.29, 0.717) is 35.9 Å². The van der Waals surface area contributed by atoms with Gasteiger partial charge in [0.25, 0.3) is 10.0 Å². The first-order chi connectivity index (χ1) is 18.9. The second-order valence-electron chi connectivity index (χ2n) is 8.13. The van der Waals surface area contributed by atoms with E-state index in [1.165, 1.54) is 30.5 Å². The van der Waals surface area contributed by atoms with Crippen molar-refractivity contribution in [2.24, 2.45) is 0 Å². The molecular weight excluding hydrogens is 545 g/mol. The van der Waals surface area contributed by atoms with Crippen molar-refractivity contribution in [1.82, 2.24) is 24.9 Å². The Hall–Kier alpha value is -4.55. The van der Waals surface area contributed by atoms with Gasteiger partial charge < -0.3 is 15.0 Å². The zero-order valence-corrected chi connectivity index (χ0v) is 21.7. The number of ether oxygens (including phenoxy) is 1. The van der Waals surface area contributed by atoms with Crippen LogP contribution in [-0.2, 0) is 16.4 Å². The number of H-pyrrole nitrogens is 1. The van der Waals surface area contributed by atoms with Gasteiger partial charge in [0.1, 0.15) is 16.5 Å². The van der Waals surface area contributed by atoms with Crippen LogP contribution in [-0.4, -0.2) is 39.9 Å². The smallest absolute Gasteiger partial charge is 0.263 e. The van der Waals surface area contributed by atoms with Gasteiger partial charge in [-0.15, -0.1) is 0 Å². The van der Waals surface area contributed by atoms with Crippen LogP contribution in [0.4, 0.5) is 16.0 Å². The zero-order valence-electron chi connectivity index (χ0n) is 20.2. The maximum absolute atomic E-state index is 15.0. The Morgan fingerprint density at radius 1 is 1.00 bits per heavy atom. The van der Waals surface area contributed by atoms with Crippen molar-refractivity contribution in [3.8, 4) is 22.8 Å². The van der Waals surface area contributed by atoms with Crippen LogP contribution in [0.1, 0.15) is 5.82 Å². The molecule has 0 unspecified atom stereocenters. The topological polar surface area (TPSA) is 135 Å². The van der Waals surface area contributed by atoms with E-state index in [-0.39, 0.29) is 21.4 Å². The Morgan fingerprint density at radius 2 is 1.87 bits per heavy atom. The van der Waals surface area contributed by atoms with Crippen molar-refractivity contribution in [2.45, 2.75) is 11.3 Å². The second kappa shape index (κ2) is 11.5. The number of halogens is 2. The summed E-state index contributed by atoms with van der Waals surface area (Å²) in [5.41, 5.74) is 1.03. The van der Waals surface area contributed by atoms with Crippen molar-refractivity contribution >= 4 is 33.3 Å². The summed E-state index contributed by atoms with van der Waals surface area (Å²) in [4.78, 5) is 20.0. The van der Waals surface area contributed by atoms with E-state index in [2.05, 4.69) is 35.0 Å². The molecule has 2 aromatic carbocycles. The van der Waals surface area contributed by atoms with Crippen LogP contribution in [0.5, 0.6) is 11.5 Å². The number of hydrogen-bond acceptors (Lipinski definition) is 8. The van der Waals surface area contributed by atoms with Gasteiger partial charge in [-0.25, -0.2) is 27.8 Å². The summed E-state index contributed by atoms with van der Waals surface area (Å²) >= 11 is 6.01. The van der Waals surface area contributed by atoms with Crippen LogP contribution < -0.4 is 14.8 Å².